The molecule has 0 saturated carbocycles. The van der Waals surface area contributed by atoms with Crippen LogP contribution in [0, 0.1) is 0 Å². The fourth-order valence-corrected chi connectivity index (χ4v) is 2.16. The molecule has 3 nitrogen and oxygen atoms in total. The first-order valence-corrected chi connectivity index (χ1v) is 7.36. The van der Waals surface area contributed by atoms with E-state index in [-0.39, 0.29) is 0 Å². The van der Waals surface area contributed by atoms with Crippen LogP contribution in [0.15, 0.2) is 24.3 Å². The topological polar surface area (TPSA) is 24.5 Å². The first-order valence-electron chi connectivity index (χ1n) is 7.36. The van der Waals surface area contributed by atoms with Crippen LogP contribution in [0.25, 0.3) is 0 Å². The lowest BCUT2D eigenvalue weighted by molar-refractivity contribution is 0.199. The van der Waals surface area contributed by atoms with E-state index in [1.54, 1.807) is 7.11 Å². The van der Waals surface area contributed by atoms with E-state index < -0.39 is 0 Å². The van der Waals surface area contributed by atoms with Crippen molar-refractivity contribution < 1.29 is 4.74 Å². The maximum atomic E-state index is 5.06. The van der Waals surface area contributed by atoms with E-state index in [4.69, 9.17) is 4.74 Å². The standard InChI is InChI=1S/C16H28N2O/c1-4-6-12-18(5-2)16-10-8-7-9-15(16)14-17-11-13-19-3/h7-10,17H,4-6,11-14H2,1-3H3. The van der Waals surface area contributed by atoms with E-state index in [1.165, 1.54) is 24.1 Å². The number of para-hydroxylation sites is 1. The lowest BCUT2D eigenvalue weighted by Gasteiger charge is -2.25. The molecule has 0 unspecified atom stereocenters. The van der Waals surface area contributed by atoms with Crippen LogP contribution in [0.4, 0.5) is 5.69 Å². The van der Waals surface area contributed by atoms with Crippen LogP contribution in [0.2, 0.25) is 0 Å². The number of hydrogen-bond acceptors (Lipinski definition) is 3. The van der Waals surface area contributed by atoms with Gasteiger partial charge in [0.2, 0.25) is 0 Å². The van der Waals surface area contributed by atoms with Gasteiger partial charge in [0.05, 0.1) is 6.61 Å². The van der Waals surface area contributed by atoms with Gasteiger partial charge in [0.25, 0.3) is 0 Å². The number of nitrogens with one attached hydrogen (secondary N) is 1. The molecule has 1 N–H and O–H groups in total. The second kappa shape index (κ2) is 9.82. The van der Waals surface area contributed by atoms with Crippen molar-refractivity contribution >= 4 is 5.69 Å². The number of methoxy groups -OCH3 is 1. The van der Waals surface area contributed by atoms with E-state index in [2.05, 4.69) is 48.3 Å². The molecule has 3 heteroatoms. The van der Waals surface area contributed by atoms with E-state index >= 15 is 0 Å². The summed E-state index contributed by atoms with van der Waals surface area (Å²) < 4.78 is 5.06. The van der Waals surface area contributed by atoms with Crippen molar-refractivity contribution in [1.82, 2.24) is 5.32 Å². The highest BCUT2D eigenvalue weighted by Gasteiger charge is 2.08. The summed E-state index contributed by atoms with van der Waals surface area (Å²) in [5.41, 5.74) is 2.74. The van der Waals surface area contributed by atoms with Gasteiger partial charge in [0.15, 0.2) is 0 Å². The lowest BCUT2D eigenvalue weighted by atomic mass is 10.1. The average Bonchev–Trinajstić information content (AvgIpc) is 2.45. The third-order valence-electron chi connectivity index (χ3n) is 3.29. The Kier molecular flexibility index (Phi) is 8.26. The summed E-state index contributed by atoms with van der Waals surface area (Å²) in [6.07, 6.45) is 2.49. The molecule has 0 aliphatic carbocycles. The van der Waals surface area contributed by atoms with Gasteiger partial charge in [0, 0.05) is 39.0 Å². The molecule has 0 spiro atoms. The SMILES string of the molecule is CCCCN(CC)c1ccccc1CNCCOC. The monoisotopic (exact) mass is 264 g/mol. The third-order valence-corrected chi connectivity index (χ3v) is 3.29. The summed E-state index contributed by atoms with van der Waals surface area (Å²) in [4.78, 5) is 2.47. The van der Waals surface area contributed by atoms with Gasteiger partial charge in [-0.15, -0.1) is 0 Å². The predicted molar refractivity (Wildman–Crippen MR) is 82.8 cm³/mol. The van der Waals surface area contributed by atoms with Gasteiger partial charge in [-0.2, -0.15) is 0 Å². The van der Waals surface area contributed by atoms with Crippen LogP contribution in [0.1, 0.15) is 32.3 Å². The second-order valence-electron chi connectivity index (χ2n) is 4.73. The average molecular weight is 264 g/mol. The molecule has 0 fully saturated rings. The number of rotatable bonds is 10. The number of benzene rings is 1. The van der Waals surface area contributed by atoms with Gasteiger partial charge < -0.3 is 15.0 Å². The van der Waals surface area contributed by atoms with E-state index in [0.717, 1.165) is 32.8 Å². The number of ether oxygens (including phenoxy) is 1. The smallest absolute Gasteiger partial charge is 0.0587 e. The van der Waals surface area contributed by atoms with Gasteiger partial charge in [-0.05, 0) is 25.0 Å². The van der Waals surface area contributed by atoms with Crippen LogP contribution >= 0.6 is 0 Å². The van der Waals surface area contributed by atoms with Crippen molar-refractivity contribution in [3.8, 4) is 0 Å². The molecule has 0 aliphatic heterocycles. The fraction of sp³-hybridized carbons (Fsp3) is 0.625. The molecule has 1 rings (SSSR count). The van der Waals surface area contributed by atoms with Crippen LogP contribution in [-0.2, 0) is 11.3 Å². The summed E-state index contributed by atoms with van der Waals surface area (Å²) >= 11 is 0. The quantitative estimate of drug-likeness (QED) is 0.657. The van der Waals surface area contributed by atoms with E-state index in [9.17, 15) is 0 Å². The lowest BCUT2D eigenvalue weighted by Crippen LogP contribution is -2.26. The minimum atomic E-state index is 0.759. The molecular formula is C16H28N2O. The molecule has 0 aliphatic rings. The van der Waals surface area contributed by atoms with Crippen molar-refractivity contribution in [2.75, 3.05) is 38.3 Å². The molecule has 0 saturated heterocycles. The molecule has 0 aromatic heterocycles. The van der Waals surface area contributed by atoms with E-state index in [0.29, 0.717) is 0 Å². The first-order chi connectivity index (χ1) is 9.33. The minimum absolute atomic E-state index is 0.759. The zero-order chi connectivity index (χ0) is 13.9. The Balaban J connectivity index is 2.64. The molecule has 1 aromatic carbocycles. The van der Waals surface area contributed by atoms with Crippen molar-refractivity contribution in [1.29, 1.82) is 0 Å². The normalized spacial score (nSPS) is 10.7. The van der Waals surface area contributed by atoms with Gasteiger partial charge in [-0.1, -0.05) is 31.5 Å². The Bertz CT molecular complexity index is 341. The number of unbranched alkanes of at least 4 members (excludes halogenated alkanes) is 1. The maximum absolute atomic E-state index is 5.06. The van der Waals surface area contributed by atoms with Crippen LogP contribution in [0.5, 0.6) is 0 Å². The van der Waals surface area contributed by atoms with Gasteiger partial charge in [-0.3, -0.25) is 0 Å². The zero-order valence-electron chi connectivity index (χ0n) is 12.6. The van der Waals surface area contributed by atoms with E-state index in [1.807, 2.05) is 0 Å². The molecule has 0 radical (unpaired) electrons. The Hall–Kier alpha value is -1.06. The first kappa shape index (κ1) is 16.0. The summed E-state index contributed by atoms with van der Waals surface area (Å²) in [7, 11) is 1.74. The summed E-state index contributed by atoms with van der Waals surface area (Å²) in [6.45, 7) is 9.23. The van der Waals surface area contributed by atoms with Crippen molar-refractivity contribution in [2.24, 2.45) is 0 Å². The Morgan fingerprint density at radius 2 is 2.00 bits per heavy atom. The Morgan fingerprint density at radius 1 is 1.21 bits per heavy atom. The molecule has 1 aromatic rings. The van der Waals surface area contributed by atoms with Crippen molar-refractivity contribution in [3.05, 3.63) is 29.8 Å². The molecule has 19 heavy (non-hydrogen) atoms. The predicted octanol–water partition coefficient (Wildman–Crippen LogP) is 3.05. The highest BCUT2D eigenvalue weighted by Crippen LogP contribution is 2.20. The number of anilines is 1. The molecule has 0 bridgehead atoms. The summed E-state index contributed by atoms with van der Waals surface area (Å²) in [6, 6.07) is 8.68. The Labute approximate surface area is 118 Å². The van der Waals surface area contributed by atoms with Gasteiger partial charge in [-0.25, -0.2) is 0 Å². The highest BCUT2D eigenvalue weighted by molar-refractivity contribution is 5.53. The Morgan fingerprint density at radius 3 is 2.68 bits per heavy atom. The number of hydrogen-bond donors (Lipinski definition) is 1. The number of nitrogens with zero attached hydrogens (tertiary/aromatic N) is 1. The van der Waals surface area contributed by atoms with Crippen LogP contribution < -0.4 is 10.2 Å². The molecule has 108 valence electrons. The fourth-order valence-electron chi connectivity index (χ4n) is 2.16. The minimum Gasteiger partial charge on any atom is -0.383 e. The summed E-state index contributed by atoms with van der Waals surface area (Å²) in [5.74, 6) is 0. The molecular weight excluding hydrogens is 236 g/mol. The van der Waals surface area contributed by atoms with Crippen LogP contribution in [0.3, 0.4) is 0 Å². The zero-order valence-corrected chi connectivity index (χ0v) is 12.6. The maximum Gasteiger partial charge on any atom is 0.0587 e. The van der Waals surface area contributed by atoms with Gasteiger partial charge >= 0.3 is 0 Å². The van der Waals surface area contributed by atoms with Gasteiger partial charge in [0.1, 0.15) is 0 Å². The third kappa shape index (κ3) is 5.62. The molecule has 0 atom stereocenters. The summed E-state index contributed by atoms with van der Waals surface area (Å²) in [5, 5.41) is 3.43. The molecule has 0 heterocycles. The van der Waals surface area contributed by atoms with Crippen molar-refractivity contribution in [2.45, 2.75) is 33.2 Å². The highest BCUT2D eigenvalue weighted by atomic mass is 16.5. The molecule has 0 amide bonds. The second-order valence-corrected chi connectivity index (χ2v) is 4.73. The largest absolute Gasteiger partial charge is 0.383 e. The van der Waals surface area contributed by atoms with Crippen molar-refractivity contribution in [3.63, 3.8) is 0 Å². The van der Waals surface area contributed by atoms with Crippen LogP contribution in [-0.4, -0.2) is 33.4 Å².